The Hall–Kier alpha value is -2.46. The highest BCUT2D eigenvalue weighted by molar-refractivity contribution is 9.10. The lowest BCUT2D eigenvalue weighted by atomic mass is 10.2. The largest absolute Gasteiger partial charge is 0.450 e. The maximum absolute atomic E-state index is 13.2. The molecule has 0 amide bonds. The predicted molar refractivity (Wildman–Crippen MR) is 72.0 cm³/mol. The summed E-state index contributed by atoms with van der Waals surface area (Å²) in [5.41, 5.74) is -0.0922. The van der Waals surface area contributed by atoms with Crippen molar-refractivity contribution < 1.29 is 14.1 Å². The highest BCUT2D eigenvalue weighted by Gasteiger charge is 2.17. The Kier molecular flexibility index (Phi) is 3.96. The van der Waals surface area contributed by atoms with Crippen molar-refractivity contribution in [3.05, 3.63) is 62.4 Å². The number of hydrogen-bond acceptors (Lipinski definition) is 4. The van der Waals surface area contributed by atoms with E-state index in [9.17, 15) is 14.5 Å². The zero-order valence-corrected chi connectivity index (χ0v) is 11.4. The standard InChI is InChI=1S/C13H6BrFN2O3/c14-9-4-10(15)6-11(5-9)20-13-3-8(7-16)1-2-12(13)17(18)19/h1-6H. The second-order valence-electron chi connectivity index (χ2n) is 3.76. The molecule has 100 valence electrons. The van der Waals surface area contributed by atoms with Gasteiger partial charge in [-0.15, -0.1) is 0 Å². The molecule has 5 nitrogen and oxygen atoms in total. The summed E-state index contributed by atoms with van der Waals surface area (Å²) in [5.74, 6) is -0.574. The van der Waals surface area contributed by atoms with Gasteiger partial charge < -0.3 is 4.74 Å². The fourth-order valence-electron chi connectivity index (χ4n) is 1.53. The van der Waals surface area contributed by atoms with Gasteiger partial charge in [0.25, 0.3) is 0 Å². The van der Waals surface area contributed by atoms with Crippen molar-refractivity contribution in [2.75, 3.05) is 0 Å². The molecule has 2 aromatic rings. The molecular weight excluding hydrogens is 331 g/mol. The van der Waals surface area contributed by atoms with Crippen molar-refractivity contribution in [1.82, 2.24) is 0 Å². The minimum Gasteiger partial charge on any atom is -0.450 e. The van der Waals surface area contributed by atoms with Gasteiger partial charge in [-0.1, -0.05) is 15.9 Å². The fraction of sp³-hybridized carbons (Fsp3) is 0. The molecule has 2 aromatic carbocycles. The summed E-state index contributed by atoms with van der Waals surface area (Å²) < 4.78 is 19.0. The van der Waals surface area contributed by atoms with Crippen LogP contribution >= 0.6 is 15.9 Å². The first-order valence-corrected chi connectivity index (χ1v) is 6.11. The van der Waals surface area contributed by atoms with Crippen molar-refractivity contribution in [3.8, 4) is 17.6 Å². The normalized spacial score (nSPS) is 9.85. The van der Waals surface area contributed by atoms with Gasteiger partial charge in [-0.3, -0.25) is 10.1 Å². The van der Waals surface area contributed by atoms with Crippen molar-refractivity contribution >= 4 is 21.6 Å². The average Bonchev–Trinajstić information content (AvgIpc) is 2.37. The first kappa shape index (κ1) is 14.0. The van der Waals surface area contributed by atoms with E-state index >= 15 is 0 Å². The summed E-state index contributed by atoms with van der Waals surface area (Å²) in [7, 11) is 0. The molecule has 0 bridgehead atoms. The summed E-state index contributed by atoms with van der Waals surface area (Å²) in [6, 6.07) is 9.35. The van der Waals surface area contributed by atoms with E-state index in [0.717, 1.165) is 6.07 Å². The number of nitriles is 1. The van der Waals surface area contributed by atoms with E-state index in [1.807, 2.05) is 6.07 Å². The maximum atomic E-state index is 13.2. The molecule has 0 N–H and O–H groups in total. The van der Waals surface area contributed by atoms with Gasteiger partial charge in [-0.25, -0.2) is 4.39 Å². The summed E-state index contributed by atoms with van der Waals surface area (Å²) in [6.07, 6.45) is 0. The molecule has 0 aliphatic heterocycles. The number of rotatable bonds is 3. The van der Waals surface area contributed by atoms with E-state index in [0.29, 0.717) is 4.47 Å². The molecule has 0 saturated heterocycles. The quantitative estimate of drug-likeness (QED) is 0.622. The van der Waals surface area contributed by atoms with Crippen LogP contribution in [0.2, 0.25) is 0 Å². The molecule has 0 saturated carbocycles. The van der Waals surface area contributed by atoms with Crippen LogP contribution in [0.3, 0.4) is 0 Å². The molecule has 2 rings (SSSR count). The first-order chi connectivity index (χ1) is 9.49. The molecular formula is C13H6BrFN2O3. The number of nitrogens with zero attached hydrogens (tertiary/aromatic N) is 2. The number of benzene rings is 2. The minimum atomic E-state index is -0.634. The van der Waals surface area contributed by atoms with E-state index in [4.69, 9.17) is 10.00 Å². The molecule has 0 unspecified atom stereocenters. The number of hydrogen-bond donors (Lipinski definition) is 0. The van der Waals surface area contributed by atoms with Crippen molar-refractivity contribution in [2.45, 2.75) is 0 Å². The van der Waals surface area contributed by atoms with E-state index in [2.05, 4.69) is 15.9 Å². The Morgan fingerprint density at radius 3 is 2.65 bits per heavy atom. The summed E-state index contributed by atoms with van der Waals surface area (Å²) in [4.78, 5) is 10.3. The molecule has 0 aliphatic carbocycles. The monoisotopic (exact) mass is 336 g/mol. The van der Waals surface area contributed by atoms with Crippen LogP contribution in [0.15, 0.2) is 40.9 Å². The van der Waals surface area contributed by atoms with Crippen LogP contribution in [0.1, 0.15) is 5.56 Å². The second kappa shape index (κ2) is 5.67. The van der Waals surface area contributed by atoms with Gasteiger partial charge >= 0.3 is 5.69 Å². The van der Waals surface area contributed by atoms with Gasteiger partial charge in [-0.2, -0.15) is 5.26 Å². The topological polar surface area (TPSA) is 76.2 Å². The van der Waals surface area contributed by atoms with Gasteiger partial charge in [0, 0.05) is 22.7 Å². The van der Waals surface area contributed by atoms with Crippen LogP contribution in [0.4, 0.5) is 10.1 Å². The molecule has 0 aliphatic rings. The van der Waals surface area contributed by atoms with Crippen molar-refractivity contribution in [1.29, 1.82) is 5.26 Å². The molecule has 0 fully saturated rings. The van der Waals surface area contributed by atoms with Crippen LogP contribution < -0.4 is 4.74 Å². The molecule has 7 heteroatoms. The summed E-state index contributed by atoms with van der Waals surface area (Å²) in [6.45, 7) is 0. The fourth-order valence-corrected chi connectivity index (χ4v) is 1.97. The van der Waals surface area contributed by atoms with Crippen molar-refractivity contribution in [2.24, 2.45) is 0 Å². The third kappa shape index (κ3) is 3.10. The zero-order valence-electron chi connectivity index (χ0n) is 9.84. The van der Waals surface area contributed by atoms with Gasteiger partial charge in [0.1, 0.15) is 11.6 Å². The highest BCUT2D eigenvalue weighted by atomic mass is 79.9. The zero-order chi connectivity index (χ0) is 14.7. The Morgan fingerprint density at radius 2 is 2.05 bits per heavy atom. The molecule has 0 aromatic heterocycles. The third-order valence-electron chi connectivity index (χ3n) is 2.35. The molecule has 0 radical (unpaired) electrons. The Labute approximate surface area is 121 Å². The van der Waals surface area contributed by atoms with Crippen LogP contribution in [0.5, 0.6) is 11.5 Å². The summed E-state index contributed by atoms with van der Waals surface area (Å²) >= 11 is 3.10. The predicted octanol–water partition coefficient (Wildman–Crippen LogP) is 4.16. The maximum Gasteiger partial charge on any atom is 0.311 e. The lowest BCUT2D eigenvalue weighted by molar-refractivity contribution is -0.385. The lowest BCUT2D eigenvalue weighted by Gasteiger charge is -2.07. The minimum absolute atomic E-state index is 0.0927. The molecule has 20 heavy (non-hydrogen) atoms. The Bertz CT molecular complexity index is 708. The van der Waals surface area contributed by atoms with Gasteiger partial charge in [0.15, 0.2) is 0 Å². The second-order valence-corrected chi connectivity index (χ2v) is 4.67. The van der Waals surface area contributed by atoms with E-state index in [-0.39, 0.29) is 22.7 Å². The van der Waals surface area contributed by atoms with E-state index in [1.54, 1.807) is 0 Å². The van der Waals surface area contributed by atoms with Gasteiger partial charge in [0.05, 0.1) is 16.6 Å². The molecule has 0 spiro atoms. The first-order valence-electron chi connectivity index (χ1n) is 5.32. The van der Waals surface area contributed by atoms with Crippen LogP contribution in [0.25, 0.3) is 0 Å². The van der Waals surface area contributed by atoms with Crippen LogP contribution in [-0.2, 0) is 0 Å². The third-order valence-corrected chi connectivity index (χ3v) is 2.81. The van der Waals surface area contributed by atoms with Gasteiger partial charge in [0.2, 0.25) is 5.75 Å². The number of nitro groups is 1. The van der Waals surface area contributed by atoms with E-state index in [1.165, 1.54) is 30.3 Å². The number of ether oxygens (including phenoxy) is 1. The lowest BCUT2D eigenvalue weighted by Crippen LogP contribution is -1.94. The van der Waals surface area contributed by atoms with Crippen LogP contribution in [0, 0.1) is 27.3 Å². The Morgan fingerprint density at radius 1 is 1.30 bits per heavy atom. The van der Waals surface area contributed by atoms with Gasteiger partial charge in [-0.05, 0) is 18.2 Å². The van der Waals surface area contributed by atoms with Crippen LogP contribution in [-0.4, -0.2) is 4.92 Å². The van der Waals surface area contributed by atoms with E-state index < -0.39 is 10.7 Å². The SMILES string of the molecule is N#Cc1ccc([N+](=O)[O-])c(Oc2cc(F)cc(Br)c2)c1. The van der Waals surface area contributed by atoms with Crippen molar-refractivity contribution in [3.63, 3.8) is 0 Å². The smallest absolute Gasteiger partial charge is 0.311 e. The summed E-state index contributed by atoms with van der Waals surface area (Å²) in [5, 5.41) is 19.7. The molecule has 0 heterocycles. The number of halogens is 2. The highest BCUT2D eigenvalue weighted by Crippen LogP contribution is 2.33. The Balaban J connectivity index is 2.46. The average molecular weight is 337 g/mol. The number of nitro benzene ring substituents is 1. The molecule has 0 atom stereocenters.